The second-order valence-electron chi connectivity index (χ2n) is 4.56. The second-order valence-corrected chi connectivity index (χ2v) is 5.50. The molecule has 1 atom stereocenters. The van der Waals surface area contributed by atoms with Crippen molar-refractivity contribution >= 4 is 11.3 Å². The first-order chi connectivity index (χ1) is 8.06. The highest BCUT2D eigenvalue weighted by atomic mass is 32.1. The summed E-state index contributed by atoms with van der Waals surface area (Å²) in [6.45, 7) is 6.24. The molecule has 0 radical (unpaired) electrons. The molecule has 1 unspecified atom stereocenters. The first kappa shape index (κ1) is 12.3. The lowest BCUT2D eigenvalue weighted by Crippen LogP contribution is -2.05. The van der Waals surface area contributed by atoms with Gasteiger partial charge in [0.1, 0.15) is 0 Å². The van der Waals surface area contributed by atoms with Gasteiger partial charge in [-0.1, -0.05) is 23.8 Å². The molecule has 0 aliphatic carbocycles. The van der Waals surface area contributed by atoms with Crippen LogP contribution in [0.25, 0.3) is 0 Å². The average Bonchev–Trinajstić information content (AvgIpc) is 2.71. The molecule has 2 N–H and O–H groups in total. The number of thiazole rings is 1. The first-order valence-electron chi connectivity index (χ1n) is 5.82. The quantitative estimate of drug-likeness (QED) is 0.901. The molecule has 2 rings (SSSR count). The summed E-state index contributed by atoms with van der Waals surface area (Å²) in [7, 11) is 0. The number of aryl methyl sites for hydroxylation is 2. The Morgan fingerprint density at radius 1 is 1.35 bits per heavy atom. The summed E-state index contributed by atoms with van der Waals surface area (Å²) >= 11 is 1.69. The highest BCUT2D eigenvalue weighted by molar-refractivity contribution is 7.09. The Kier molecular flexibility index (Phi) is 3.60. The van der Waals surface area contributed by atoms with E-state index in [0.29, 0.717) is 0 Å². The van der Waals surface area contributed by atoms with Crippen LogP contribution in [0.4, 0.5) is 0 Å². The van der Waals surface area contributed by atoms with Crippen molar-refractivity contribution in [3.05, 3.63) is 51.0 Å². The van der Waals surface area contributed by atoms with E-state index in [1.807, 2.05) is 6.92 Å². The van der Waals surface area contributed by atoms with Crippen LogP contribution in [0.5, 0.6) is 0 Å². The van der Waals surface area contributed by atoms with Crippen molar-refractivity contribution in [1.82, 2.24) is 4.98 Å². The van der Waals surface area contributed by atoms with E-state index in [-0.39, 0.29) is 6.04 Å². The number of aromatic nitrogens is 1. The fourth-order valence-electron chi connectivity index (χ4n) is 1.82. The van der Waals surface area contributed by atoms with Crippen LogP contribution in [-0.2, 0) is 6.42 Å². The van der Waals surface area contributed by atoms with Crippen molar-refractivity contribution in [2.45, 2.75) is 33.2 Å². The van der Waals surface area contributed by atoms with Crippen LogP contribution < -0.4 is 5.73 Å². The fraction of sp³-hybridized carbons (Fsp3) is 0.357. The zero-order chi connectivity index (χ0) is 12.4. The third-order valence-electron chi connectivity index (χ3n) is 2.88. The Hall–Kier alpha value is -1.19. The van der Waals surface area contributed by atoms with Gasteiger partial charge in [-0.25, -0.2) is 4.98 Å². The summed E-state index contributed by atoms with van der Waals surface area (Å²) < 4.78 is 0. The van der Waals surface area contributed by atoms with Gasteiger partial charge in [0.05, 0.1) is 10.7 Å². The van der Waals surface area contributed by atoms with E-state index in [1.165, 1.54) is 16.7 Å². The molecular weight excluding hydrogens is 228 g/mol. The van der Waals surface area contributed by atoms with E-state index in [4.69, 9.17) is 5.73 Å². The van der Waals surface area contributed by atoms with E-state index < -0.39 is 0 Å². The molecule has 0 fully saturated rings. The lowest BCUT2D eigenvalue weighted by molar-refractivity contribution is 0.783. The van der Waals surface area contributed by atoms with Gasteiger partial charge in [0.2, 0.25) is 0 Å². The van der Waals surface area contributed by atoms with Crippen molar-refractivity contribution < 1.29 is 0 Å². The second kappa shape index (κ2) is 4.98. The molecule has 0 bridgehead atoms. The third-order valence-corrected chi connectivity index (χ3v) is 3.74. The molecule has 0 saturated carbocycles. The molecule has 2 aromatic rings. The number of hydrogen-bond acceptors (Lipinski definition) is 3. The number of rotatable bonds is 3. The van der Waals surface area contributed by atoms with Crippen molar-refractivity contribution in [2.75, 3.05) is 0 Å². The van der Waals surface area contributed by atoms with Crippen LogP contribution >= 0.6 is 11.3 Å². The standard InChI is InChI=1S/C14H18N2S/c1-9-4-5-12(10(2)6-9)7-14-16-13(8-17-14)11(3)15/h4-6,8,11H,7,15H2,1-3H3. The van der Waals surface area contributed by atoms with Gasteiger partial charge in [-0.2, -0.15) is 0 Å². The van der Waals surface area contributed by atoms with Gasteiger partial charge in [0.15, 0.2) is 0 Å². The molecule has 0 aliphatic rings. The first-order valence-corrected chi connectivity index (χ1v) is 6.70. The molecule has 0 aliphatic heterocycles. The van der Waals surface area contributed by atoms with Crippen LogP contribution in [0.3, 0.4) is 0 Å². The van der Waals surface area contributed by atoms with Gasteiger partial charge in [0, 0.05) is 17.8 Å². The van der Waals surface area contributed by atoms with Gasteiger partial charge in [0.25, 0.3) is 0 Å². The Morgan fingerprint density at radius 3 is 2.71 bits per heavy atom. The summed E-state index contributed by atoms with van der Waals surface area (Å²) in [6, 6.07) is 6.59. The van der Waals surface area contributed by atoms with Crippen molar-refractivity contribution in [2.24, 2.45) is 5.73 Å². The molecule has 1 aromatic heterocycles. The van der Waals surface area contributed by atoms with Gasteiger partial charge in [-0.15, -0.1) is 11.3 Å². The highest BCUT2D eigenvalue weighted by Gasteiger charge is 2.07. The molecule has 90 valence electrons. The monoisotopic (exact) mass is 246 g/mol. The topological polar surface area (TPSA) is 38.9 Å². The molecule has 1 aromatic carbocycles. The lowest BCUT2D eigenvalue weighted by Gasteiger charge is -2.04. The summed E-state index contributed by atoms with van der Waals surface area (Å²) in [6.07, 6.45) is 0.906. The average molecular weight is 246 g/mol. The molecular formula is C14H18N2S. The molecule has 1 heterocycles. The van der Waals surface area contributed by atoms with Crippen LogP contribution in [0.15, 0.2) is 23.6 Å². The summed E-state index contributed by atoms with van der Waals surface area (Å²) in [4.78, 5) is 4.56. The van der Waals surface area contributed by atoms with E-state index in [9.17, 15) is 0 Å². The Labute approximate surface area is 107 Å². The maximum absolute atomic E-state index is 5.81. The minimum absolute atomic E-state index is 0.0270. The van der Waals surface area contributed by atoms with E-state index in [2.05, 4.69) is 42.4 Å². The Bertz CT molecular complexity index is 515. The lowest BCUT2D eigenvalue weighted by atomic mass is 10.0. The molecule has 0 amide bonds. The third kappa shape index (κ3) is 2.93. The van der Waals surface area contributed by atoms with Crippen molar-refractivity contribution in [3.8, 4) is 0 Å². The summed E-state index contributed by atoms with van der Waals surface area (Å²) in [5, 5.41) is 3.20. The molecule has 0 saturated heterocycles. The largest absolute Gasteiger partial charge is 0.323 e. The van der Waals surface area contributed by atoms with Crippen LogP contribution in [0, 0.1) is 13.8 Å². The predicted molar refractivity (Wildman–Crippen MR) is 73.4 cm³/mol. The van der Waals surface area contributed by atoms with E-state index in [1.54, 1.807) is 11.3 Å². The summed E-state index contributed by atoms with van der Waals surface area (Å²) in [5.41, 5.74) is 10.8. The minimum atomic E-state index is 0.0270. The molecule has 17 heavy (non-hydrogen) atoms. The predicted octanol–water partition coefficient (Wildman–Crippen LogP) is 3.37. The van der Waals surface area contributed by atoms with Gasteiger partial charge < -0.3 is 5.73 Å². The minimum Gasteiger partial charge on any atom is -0.323 e. The van der Waals surface area contributed by atoms with Gasteiger partial charge in [-0.3, -0.25) is 0 Å². The fourth-order valence-corrected chi connectivity index (χ4v) is 2.74. The number of nitrogens with two attached hydrogens (primary N) is 1. The molecule has 2 nitrogen and oxygen atoms in total. The maximum Gasteiger partial charge on any atom is 0.0973 e. The van der Waals surface area contributed by atoms with Gasteiger partial charge >= 0.3 is 0 Å². The van der Waals surface area contributed by atoms with Gasteiger partial charge in [-0.05, 0) is 31.9 Å². The Morgan fingerprint density at radius 2 is 2.12 bits per heavy atom. The van der Waals surface area contributed by atoms with Crippen LogP contribution in [-0.4, -0.2) is 4.98 Å². The number of benzene rings is 1. The maximum atomic E-state index is 5.81. The van der Waals surface area contributed by atoms with Crippen molar-refractivity contribution in [1.29, 1.82) is 0 Å². The normalized spacial score (nSPS) is 12.7. The van der Waals surface area contributed by atoms with Crippen LogP contribution in [0.1, 0.15) is 40.4 Å². The van der Waals surface area contributed by atoms with Crippen molar-refractivity contribution in [3.63, 3.8) is 0 Å². The Balaban J connectivity index is 2.19. The van der Waals surface area contributed by atoms with E-state index in [0.717, 1.165) is 17.1 Å². The zero-order valence-corrected chi connectivity index (χ0v) is 11.3. The molecule has 0 spiro atoms. The smallest absolute Gasteiger partial charge is 0.0973 e. The number of hydrogen-bond donors (Lipinski definition) is 1. The molecule has 3 heteroatoms. The zero-order valence-electron chi connectivity index (χ0n) is 10.5. The summed E-state index contributed by atoms with van der Waals surface area (Å²) in [5.74, 6) is 0. The number of nitrogens with zero attached hydrogens (tertiary/aromatic N) is 1. The van der Waals surface area contributed by atoms with E-state index >= 15 is 0 Å². The SMILES string of the molecule is Cc1ccc(Cc2nc(C(C)N)cs2)c(C)c1. The van der Waals surface area contributed by atoms with Crippen LogP contribution in [0.2, 0.25) is 0 Å². The highest BCUT2D eigenvalue weighted by Crippen LogP contribution is 2.20.